The van der Waals surface area contributed by atoms with E-state index in [0.717, 1.165) is 0 Å². The van der Waals surface area contributed by atoms with Crippen LogP contribution in [0, 0.1) is 13.8 Å². The first-order valence-corrected chi connectivity index (χ1v) is 7.24. The molecule has 0 unspecified atom stereocenters. The van der Waals surface area contributed by atoms with E-state index < -0.39 is 16.0 Å². The third-order valence-corrected chi connectivity index (χ3v) is 4.76. The summed E-state index contributed by atoms with van der Waals surface area (Å²) in [5.74, 6) is -1.15. The van der Waals surface area contributed by atoms with Crippen LogP contribution >= 0.6 is 0 Å². The van der Waals surface area contributed by atoms with E-state index in [-0.39, 0.29) is 16.5 Å². The lowest BCUT2D eigenvalue weighted by Crippen LogP contribution is -2.48. The molecule has 1 aliphatic heterocycles. The normalized spacial score (nSPS) is 16.1. The molecular weight excluding hydrogens is 270 g/mol. The van der Waals surface area contributed by atoms with Crippen molar-refractivity contribution in [3.63, 3.8) is 0 Å². The summed E-state index contributed by atoms with van der Waals surface area (Å²) < 4.78 is 31.9. The van der Waals surface area contributed by atoms with Gasteiger partial charge in [-0.05, 0) is 37.1 Å². The van der Waals surface area contributed by atoms with E-state index >= 15 is 0 Å². The lowest BCUT2D eigenvalue weighted by atomic mass is 10.1. The summed E-state index contributed by atoms with van der Waals surface area (Å²) in [6.07, 6.45) is 0. The second-order valence-electron chi connectivity index (χ2n) is 4.58. The number of aromatic carboxylic acids is 1. The standard InChI is InChI=1S/C12H15NO5S/c1-7-3-9(12(14)15)4-11(8(7)2)19(16,17)13-10-5-18-6-10/h3-4,10,13H,5-6H2,1-2H3,(H,14,15). The smallest absolute Gasteiger partial charge is 0.335 e. The molecule has 0 aliphatic carbocycles. The molecule has 7 heteroatoms. The third-order valence-electron chi connectivity index (χ3n) is 3.12. The summed E-state index contributed by atoms with van der Waals surface area (Å²) in [4.78, 5) is 11.0. The van der Waals surface area contributed by atoms with Gasteiger partial charge < -0.3 is 9.84 Å². The number of rotatable bonds is 4. The van der Waals surface area contributed by atoms with Gasteiger partial charge in [-0.25, -0.2) is 17.9 Å². The molecule has 1 saturated heterocycles. The molecule has 2 rings (SSSR count). The van der Waals surface area contributed by atoms with E-state index in [1.54, 1.807) is 13.8 Å². The van der Waals surface area contributed by atoms with Crippen molar-refractivity contribution in [2.45, 2.75) is 24.8 Å². The molecule has 0 amide bonds. The Labute approximate surface area is 111 Å². The zero-order valence-corrected chi connectivity index (χ0v) is 11.5. The van der Waals surface area contributed by atoms with Gasteiger partial charge in [0.15, 0.2) is 0 Å². The van der Waals surface area contributed by atoms with Crippen LogP contribution in [0.1, 0.15) is 21.5 Å². The first-order chi connectivity index (χ1) is 8.81. The molecule has 1 aromatic rings. The van der Waals surface area contributed by atoms with Gasteiger partial charge in [-0.3, -0.25) is 0 Å². The molecule has 0 radical (unpaired) electrons. The topological polar surface area (TPSA) is 92.7 Å². The summed E-state index contributed by atoms with van der Waals surface area (Å²) >= 11 is 0. The zero-order chi connectivity index (χ0) is 14.2. The molecule has 1 aliphatic rings. The van der Waals surface area contributed by atoms with Crippen molar-refractivity contribution in [3.8, 4) is 0 Å². The molecule has 104 valence electrons. The van der Waals surface area contributed by atoms with Gasteiger partial charge in [0.25, 0.3) is 0 Å². The van der Waals surface area contributed by atoms with E-state index in [4.69, 9.17) is 9.84 Å². The lowest BCUT2D eigenvalue weighted by molar-refractivity contribution is 0.00481. The van der Waals surface area contributed by atoms with Gasteiger partial charge >= 0.3 is 5.97 Å². The fourth-order valence-corrected chi connectivity index (χ4v) is 3.36. The number of nitrogens with one attached hydrogen (secondary N) is 1. The summed E-state index contributed by atoms with van der Waals surface area (Å²) in [5.41, 5.74) is 1.15. The predicted molar refractivity (Wildman–Crippen MR) is 67.8 cm³/mol. The van der Waals surface area contributed by atoms with Gasteiger partial charge in [-0.1, -0.05) is 0 Å². The highest BCUT2D eigenvalue weighted by Crippen LogP contribution is 2.22. The van der Waals surface area contributed by atoms with E-state index in [2.05, 4.69) is 4.72 Å². The van der Waals surface area contributed by atoms with Crippen LogP contribution in [0.25, 0.3) is 0 Å². The maximum Gasteiger partial charge on any atom is 0.335 e. The van der Waals surface area contributed by atoms with Gasteiger partial charge in [0, 0.05) is 0 Å². The van der Waals surface area contributed by atoms with E-state index in [0.29, 0.717) is 24.3 Å². The summed E-state index contributed by atoms with van der Waals surface area (Å²) in [6.45, 7) is 4.03. The number of carboxylic acids is 1. The van der Waals surface area contributed by atoms with Crippen molar-refractivity contribution >= 4 is 16.0 Å². The highest BCUT2D eigenvalue weighted by Gasteiger charge is 2.27. The molecule has 1 aromatic carbocycles. The van der Waals surface area contributed by atoms with Crippen molar-refractivity contribution in [2.24, 2.45) is 0 Å². The number of hydrogen-bond acceptors (Lipinski definition) is 4. The molecular formula is C12H15NO5S. The van der Waals surface area contributed by atoms with Crippen LogP contribution in [-0.4, -0.2) is 38.7 Å². The first-order valence-electron chi connectivity index (χ1n) is 5.76. The number of carbonyl (C=O) groups is 1. The van der Waals surface area contributed by atoms with Crippen LogP contribution in [0.15, 0.2) is 17.0 Å². The van der Waals surface area contributed by atoms with E-state index in [1.165, 1.54) is 12.1 Å². The zero-order valence-electron chi connectivity index (χ0n) is 10.6. The van der Waals surface area contributed by atoms with Gasteiger partial charge in [-0.15, -0.1) is 0 Å². The minimum Gasteiger partial charge on any atom is -0.478 e. The van der Waals surface area contributed by atoms with Crippen molar-refractivity contribution in [3.05, 3.63) is 28.8 Å². The lowest BCUT2D eigenvalue weighted by Gasteiger charge is -2.27. The fraction of sp³-hybridized carbons (Fsp3) is 0.417. The summed E-state index contributed by atoms with van der Waals surface area (Å²) in [7, 11) is -3.72. The Morgan fingerprint density at radius 3 is 2.47 bits per heavy atom. The quantitative estimate of drug-likeness (QED) is 0.848. The number of sulfonamides is 1. The highest BCUT2D eigenvalue weighted by atomic mass is 32.2. The Bertz CT molecular complexity index is 619. The molecule has 0 spiro atoms. The predicted octanol–water partition coefficient (Wildman–Crippen LogP) is 0.679. The van der Waals surface area contributed by atoms with Crippen molar-refractivity contribution in [1.82, 2.24) is 4.72 Å². The largest absolute Gasteiger partial charge is 0.478 e. The first kappa shape index (κ1) is 14.0. The Morgan fingerprint density at radius 2 is 2.00 bits per heavy atom. The summed E-state index contributed by atoms with van der Waals surface area (Å²) in [5, 5.41) is 8.99. The maximum atomic E-state index is 12.2. The van der Waals surface area contributed by atoms with Crippen LogP contribution in [0.5, 0.6) is 0 Å². The van der Waals surface area contributed by atoms with Crippen LogP contribution in [0.3, 0.4) is 0 Å². The molecule has 19 heavy (non-hydrogen) atoms. The van der Waals surface area contributed by atoms with Crippen LogP contribution in [-0.2, 0) is 14.8 Å². The van der Waals surface area contributed by atoms with Gasteiger partial charge in [0.1, 0.15) is 0 Å². The monoisotopic (exact) mass is 285 g/mol. The average molecular weight is 285 g/mol. The minimum absolute atomic E-state index is 0.0109. The van der Waals surface area contributed by atoms with Crippen LogP contribution in [0.2, 0.25) is 0 Å². The number of ether oxygens (including phenoxy) is 1. The molecule has 1 fully saturated rings. The number of hydrogen-bond donors (Lipinski definition) is 2. The molecule has 0 aromatic heterocycles. The molecule has 1 heterocycles. The van der Waals surface area contributed by atoms with Crippen molar-refractivity contribution < 1.29 is 23.1 Å². The van der Waals surface area contributed by atoms with Crippen molar-refractivity contribution in [2.75, 3.05) is 13.2 Å². The van der Waals surface area contributed by atoms with Gasteiger partial charge in [0.05, 0.1) is 29.7 Å². The molecule has 0 atom stereocenters. The molecule has 6 nitrogen and oxygen atoms in total. The summed E-state index contributed by atoms with van der Waals surface area (Å²) in [6, 6.07) is 2.41. The van der Waals surface area contributed by atoms with Crippen LogP contribution in [0.4, 0.5) is 0 Å². The Hall–Kier alpha value is -1.44. The number of aryl methyl sites for hydroxylation is 1. The number of benzene rings is 1. The molecule has 0 bridgehead atoms. The second-order valence-corrected chi connectivity index (χ2v) is 6.26. The van der Waals surface area contributed by atoms with Crippen molar-refractivity contribution in [1.29, 1.82) is 0 Å². The minimum atomic E-state index is -3.72. The van der Waals surface area contributed by atoms with E-state index in [9.17, 15) is 13.2 Å². The SMILES string of the molecule is Cc1cc(C(=O)O)cc(S(=O)(=O)NC2COC2)c1C. The van der Waals surface area contributed by atoms with Gasteiger partial charge in [-0.2, -0.15) is 0 Å². The molecule has 2 N–H and O–H groups in total. The second kappa shape index (κ2) is 4.92. The Balaban J connectivity index is 2.44. The van der Waals surface area contributed by atoms with Crippen LogP contribution < -0.4 is 4.72 Å². The molecule has 0 saturated carbocycles. The Morgan fingerprint density at radius 1 is 1.37 bits per heavy atom. The average Bonchev–Trinajstić information content (AvgIpc) is 2.27. The fourth-order valence-electron chi connectivity index (χ4n) is 1.82. The third kappa shape index (κ3) is 2.78. The number of carboxylic acid groups (broad SMARTS) is 1. The maximum absolute atomic E-state index is 12.2. The van der Waals surface area contributed by atoms with Gasteiger partial charge in [0.2, 0.25) is 10.0 Å². The Kier molecular flexibility index (Phi) is 3.62. The van der Waals surface area contributed by atoms with E-state index in [1.807, 2.05) is 0 Å². The highest BCUT2D eigenvalue weighted by molar-refractivity contribution is 7.89.